The van der Waals surface area contributed by atoms with E-state index in [0.29, 0.717) is 124 Å². The molecule has 574 valence electrons. The average molecular weight is 1470 g/mol. The molecular weight excluding hydrogens is 1360 g/mol. The van der Waals surface area contributed by atoms with E-state index < -0.39 is 138 Å². The van der Waals surface area contributed by atoms with Crippen molar-refractivity contribution >= 4 is 91.1 Å². The van der Waals surface area contributed by atoms with Crippen molar-refractivity contribution < 1.29 is 85.7 Å². The van der Waals surface area contributed by atoms with Gasteiger partial charge in [0.25, 0.3) is 0 Å². The molecule has 4 aromatic carbocycles. The van der Waals surface area contributed by atoms with Gasteiger partial charge in [-0.2, -0.15) is 0 Å². The molecule has 8 bridgehead atoms. The number of hydrogen-bond acceptors (Lipinski definition) is 18. The monoisotopic (exact) mass is 1470 g/mol. The lowest BCUT2D eigenvalue weighted by Gasteiger charge is -2.38. The fourth-order valence-corrected chi connectivity index (χ4v) is 21.0. The minimum Gasteiger partial charge on any atom is -0.493 e. The first-order valence-corrected chi connectivity index (χ1v) is 40.1. The Balaban J connectivity index is 1.01. The second-order valence-corrected chi connectivity index (χ2v) is 36.0. The molecule has 19 heteroatoms. The first-order chi connectivity index (χ1) is 50.6. The van der Waals surface area contributed by atoms with Gasteiger partial charge in [0.2, 0.25) is 22.4 Å². The van der Waals surface area contributed by atoms with Crippen molar-refractivity contribution in [3.05, 3.63) is 83.0 Å². The van der Waals surface area contributed by atoms with E-state index in [1.54, 1.807) is 24.3 Å². The highest BCUT2D eigenvalue weighted by atomic mass is 16.6. The lowest BCUT2D eigenvalue weighted by atomic mass is 9.66. The summed E-state index contributed by atoms with van der Waals surface area (Å²) < 4.78 is 69.3. The topological polar surface area (TPSA) is 234 Å². The maximum Gasteiger partial charge on any atom is 0.352 e. The summed E-state index contributed by atoms with van der Waals surface area (Å²) in [7, 11) is 0. The molecule has 0 N–H and O–H groups in total. The van der Waals surface area contributed by atoms with Gasteiger partial charge in [-0.25, -0.2) is 19.2 Å². The van der Waals surface area contributed by atoms with Gasteiger partial charge in [-0.1, -0.05) is 147 Å². The maximum absolute atomic E-state index is 15.9. The summed E-state index contributed by atoms with van der Waals surface area (Å²) >= 11 is 0. The Hall–Kier alpha value is -7.96. The standard InChI is InChI=1S/C88H109NO18/c1-16-19-22-23-24-25-26-27-28-29-46-89-55-32-30-51-61(98-47-20-17-2)49-53-57(100-73(94)85-42-38-81(12,69(90)104-85)77(85,4)5)34-36-59(102-75(96)87-44-40-83(14,71(92)106-87)79(87,8)9)63(53)65(51)67(55)68-56(89)33-31-52-62(99-48-21-18-3)50-54-58(101-74(95)86-43-39-82(13,70(91)105-86)78(86,6)7)35-37-60(64(54)66(52)68)103-76(97)88-45-41-84(15,72(93)107-88)80(88,10)11/h30-37,49-50,57-60H,16-29,38-48H2,1-15H3/t57?,58?,59?,60?,81-,82-,83-,84-,85+,86+,87+,88+/m0/s1. The molecule has 0 spiro atoms. The molecule has 4 saturated carbocycles. The molecule has 8 fully saturated rings. The van der Waals surface area contributed by atoms with Gasteiger partial charge in [0, 0.05) is 93.8 Å². The van der Waals surface area contributed by atoms with Crippen molar-refractivity contribution in [2.75, 3.05) is 13.2 Å². The van der Waals surface area contributed by atoms with Crippen molar-refractivity contribution in [1.82, 2.24) is 4.57 Å². The number of fused-ring (bicyclic) bond motifs is 19. The molecule has 4 saturated heterocycles. The van der Waals surface area contributed by atoms with E-state index >= 15 is 19.2 Å². The van der Waals surface area contributed by atoms with Crippen molar-refractivity contribution in [2.45, 2.75) is 298 Å². The Morgan fingerprint density at radius 1 is 0.374 bits per heavy atom. The van der Waals surface area contributed by atoms with E-state index in [1.807, 2.05) is 107 Å². The summed E-state index contributed by atoms with van der Waals surface area (Å²) in [6, 6.07) is 12.0. The third kappa shape index (κ3) is 9.91. The molecule has 1 aromatic heterocycles. The Bertz CT molecular complexity index is 4400. The highest BCUT2D eigenvalue weighted by Crippen LogP contribution is 2.71. The Kier molecular flexibility index (Phi) is 17.8. The van der Waals surface area contributed by atoms with E-state index in [2.05, 4.69) is 37.5 Å². The molecule has 12 atom stereocenters. The first kappa shape index (κ1) is 74.5. The molecule has 4 unspecified atom stereocenters. The van der Waals surface area contributed by atoms with E-state index in [9.17, 15) is 19.2 Å². The van der Waals surface area contributed by atoms with Crippen LogP contribution >= 0.6 is 0 Å². The fraction of sp³-hybridized carbons (Fsp3) is 0.636. The van der Waals surface area contributed by atoms with Crippen LogP contribution in [0.15, 0.2) is 60.7 Å². The number of ether oxygens (including phenoxy) is 10. The minimum absolute atomic E-state index is 0.224. The number of aromatic nitrogens is 1. The molecule has 19 nitrogen and oxygen atoms in total. The summed E-state index contributed by atoms with van der Waals surface area (Å²) in [5.74, 6) is -3.89. The van der Waals surface area contributed by atoms with Gasteiger partial charge in [0.05, 0.1) is 34.9 Å². The smallest absolute Gasteiger partial charge is 0.352 e. The number of rotatable bonds is 27. The molecule has 4 aliphatic heterocycles. The molecule has 0 radical (unpaired) electrons. The van der Waals surface area contributed by atoms with Crippen LogP contribution in [0.5, 0.6) is 11.5 Å². The van der Waals surface area contributed by atoms with Gasteiger partial charge in [-0.3, -0.25) is 19.2 Å². The summed E-state index contributed by atoms with van der Waals surface area (Å²) in [6.07, 6.45) is 18.6. The minimum atomic E-state index is -1.67. The van der Waals surface area contributed by atoms with Crippen LogP contribution in [0, 0.1) is 43.3 Å². The average Bonchev–Trinajstić information content (AvgIpc) is 1.58. The van der Waals surface area contributed by atoms with Crippen LogP contribution in [0.4, 0.5) is 0 Å². The lowest BCUT2D eigenvalue weighted by Crippen LogP contribution is -2.49. The number of aryl methyl sites for hydroxylation is 1. The number of unbranched alkanes of at least 4 members (excludes halogenated alkanes) is 11. The van der Waals surface area contributed by atoms with Gasteiger partial charge in [-0.15, -0.1) is 0 Å². The zero-order valence-corrected chi connectivity index (χ0v) is 65.6. The second kappa shape index (κ2) is 25.6. The van der Waals surface area contributed by atoms with Crippen molar-refractivity contribution in [1.29, 1.82) is 0 Å². The number of carbonyl (C=O) groups is 8. The zero-order chi connectivity index (χ0) is 76.4. The Labute approximate surface area is 627 Å². The molecule has 5 heterocycles. The number of hydrogen-bond donors (Lipinski definition) is 0. The van der Waals surface area contributed by atoms with Gasteiger partial charge < -0.3 is 51.9 Å². The number of esters is 8. The largest absolute Gasteiger partial charge is 0.493 e. The van der Waals surface area contributed by atoms with Crippen molar-refractivity contribution in [3.63, 3.8) is 0 Å². The predicted octanol–water partition coefficient (Wildman–Crippen LogP) is 18.3. The van der Waals surface area contributed by atoms with Crippen LogP contribution in [0.25, 0.3) is 43.4 Å². The van der Waals surface area contributed by atoms with Gasteiger partial charge >= 0.3 is 47.8 Å². The van der Waals surface area contributed by atoms with E-state index in [1.165, 1.54) is 32.1 Å². The molecule has 5 aromatic rings. The summed E-state index contributed by atoms with van der Waals surface area (Å²) in [5, 5.41) is 3.76. The number of benzene rings is 4. The summed E-state index contributed by atoms with van der Waals surface area (Å²) in [5.41, 5.74) is -11.1. The molecular formula is C88H109NO18. The number of carbonyl (C=O) groups excluding carboxylic acids is 8. The molecule has 15 rings (SSSR count). The number of nitrogens with zero attached hydrogens (tertiary/aromatic N) is 1. The van der Waals surface area contributed by atoms with E-state index in [0.717, 1.165) is 56.0 Å². The van der Waals surface area contributed by atoms with Crippen LogP contribution < -0.4 is 9.47 Å². The van der Waals surface area contributed by atoms with Crippen LogP contribution in [-0.2, 0) is 82.8 Å². The van der Waals surface area contributed by atoms with Gasteiger partial charge in [0.15, 0.2) is 0 Å². The second-order valence-electron chi connectivity index (χ2n) is 36.0. The first-order valence-electron chi connectivity index (χ1n) is 40.1. The van der Waals surface area contributed by atoms with Crippen LogP contribution in [0.1, 0.15) is 292 Å². The third-order valence-electron chi connectivity index (χ3n) is 30.4. The summed E-state index contributed by atoms with van der Waals surface area (Å²) in [6.45, 7) is 30.0. The maximum atomic E-state index is 15.9. The third-order valence-corrected chi connectivity index (χ3v) is 30.4. The Morgan fingerprint density at radius 3 is 0.953 bits per heavy atom. The highest BCUT2D eigenvalue weighted by molar-refractivity contribution is 6.31. The zero-order valence-electron chi connectivity index (χ0n) is 65.6. The normalized spacial score (nSPS) is 32.9. The quantitative estimate of drug-likeness (QED) is 0.0206. The van der Waals surface area contributed by atoms with Crippen LogP contribution in [-0.4, -0.2) is 87.9 Å². The SMILES string of the molecule is CCCCCCCCCCCCn1c2ccc3c(OCCCC)cc4c(c3c2c2c3c5c(cc(OCCCC)c3ccc21)C(OC(=O)[C@@]12CC[C@@](C)(C(=O)O1)C2(C)C)C=CC5OC(=O)[C@@]12CC[C@@](C)(C(=O)O1)C2(C)C)C(OC(=O)[C@@]12CC[C@@](C)(C(=O)O1)C2(C)C)C=CC4OC(=O)[C@@]12CC[C@@](C)(C(=O)O1)C2(C)C. The van der Waals surface area contributed by atoms with Gasteiger partial charge in [0.1, 0.15) is 35.9 Å². The predicted molar refractivity (Wildman–Crippen MR) is 400 cm³/mol. The van der Waals surface area contributed by atoms with Crippen LogP contribution in [0.2, 0.25) is 0 Å². The molecule has 10 aliphatic rings. The Morgan fingerprint density at radius 2 is 0.664 bits per heavy atom. The van der Waals surface area contributed by atoms with Crippen molar-refractivity contribution in [2.24, 2.45) is 43.3 Å². The van der Waals surface area contributed by atoms with Crippen molar-refractivity contribution in [3.8, 4) is 11.5 Å². The van der Waals surface area contributed by atoms with E-state index in [4.69, 9.17) is 47.4 Å². The molecule has 0 amide bonds. The van der Waals surface area contributed by atoms with Crippen LogP contribution in [0.3, 0.4) is 0 Å². The fourth-order valence-electron chi connectivity index (χ4n) is 21.0. The van der Waals surface area contributed by atoms with E-state index in [-0.39, 0.29) is 25.7 Å². The lowest BCUT2D eigenvalue weighted by molar-refractivity contribution is -0.187. The highest BCUT2D eigenvalue weighted by Gasteiger charge is 2.80. The van der Waals surface area contributed by atoms with Gasteiger partial charge in [-0.05, 0) is 159 Å². The molecule has 107 heavy (non-hydrogen) atoms. The summed E-state index contributed by atoms with van der Waals surface area (Å²) in [4.78, 5) is 119. The molecule has 6 aliphatic carbocycles.